The molecule has 2 unspecified atom stereocenters. The molecule has 2 aliphatic rings. The van der Waals surface area contributed by atoms with Gasteiger partial charge in [-0.1, -0.05) is 43.2 Å². The minimum Gasteiger partial charge on any atom is -0.360 e. The molecule has 0 radical (unpaired) electrons. The third kappa shape index (κ3) is 2.83. The van der Waals surface area contributed by atoms with E-state index in [-0.39, 0.29) is 0 Å². The van der Waals surface area contributed by atoms with E-state index >= 15 is 0 Å². The Morgan fingerprint density at radius 3 is 2.50 bits per heavy atom. The molecule has 2 nitrogen and oxygen atoms in total. The Morgan fingerprint density at radius 2 is 1.78 bits per heavy atom. The second-order valence-electron chi connectivity index (χ2n) is 5.46. The molecule has 0 spiro atoms. The molecule has 0 amide bonds. The van der Waals surface area contributed by atoms with E-state index in [9.17, 15) is 0 Å². The van der Waals surface area contributed by atoms with Crippen LogP contribution in [0.4, 0.5) is 0 Å². The van der Waals surface area contributed by atoms with Crippen molar-refractivity contribution in [2.75, 3.05) is 0 Å². The zero-order valence-corrected chi connectivity index (χ0v) is 11.4. The summed E-state index contributed by atoms with van der Waals surface area (Å²) in [4.78, 5) is 0. The van der Waals surface area contributed by atoms with Gasteiger partial charge in [0.15, 0.2) is 5.11 Å². The lowest BCUT2D eigenvalue weighted by atomic mass is 10.1. The molecule has 0 bridgehead atoms. The summed E-state index contributed by atoms with van der Waals surface area (Å²) < 4.78 is 0. The first-order valence-electron chi connectivity index (χ1n) is 6.95. The quantitative estimate of drug-likeness (QED) is 0.817. The molecule has 0 heterocycles. The highest BCUT2D eigenvalue weighted by molar-refractivity contribution is 7.80. The van der Waals surface area contributed by atoms with E-state index in [2.05, 4.69) is 41.0 Å². The largest absolute Gasteiger partial charge is 0.360 e. The Bertz CT molecular complexity index is 412. The second-order valence-corrected chi connectivity index (χ2v) is 5.87. The van der Waals surface area contributed by atoms with Gasteiger partial charge in [-0.05, 0) is 37.0 Å². The molecule has 0 aromatic heterocycles. The van der Waals surface area contributed by atoms with Crippen molar-refractivity contribution < 1.29 is 0 Å². The van der Waals surface area contributed by atoms with Crippen LogP contribution >= 0.6 is 12.2 Å². The van der Waals surface area contributed by atoms with E-state index in [1.165, 1.54) is 37.7 Å². The lowest BCUT2D eigenvalue weighted by Gasteiger charge is -2.15. The van der Waals surface area contributed by atoms with Gasteiger partial charge in [0, 0.05) is 18.0 Å². The Hall–Kier alpha value is -1.09. The molecule has 2 fully saturated rings. The predicted molar refractivity (Wildman–Crippen MR) is 78.7 cm³/mol. The van der Waals surface area contributed by atoms with Crippen LogP contribution in [0.25, 0.3) is 0 Å². The van der Waals surface area contributed by atoms with Crippen LogP contribution in [0.1, 0.15) is 43.6 Å². The molecule has 1 aromatic rings. The number of thiocarbonyl (C=S) groups is 1. The van der Waals surface area contributed by atoms with Crippen LogP contribution in [0, 0.1) is 0 Å². The molecular formula is C15H20N2S. The first-order valence-corrected chi connectivity index (χ1v) is 7.36. The first-order chi connectivity index (χ1) is 8.83. The van der Waals surface area contributed by atoms with Gasteiger partial charge < -0.3 is 10.6 Å². The molecule has 2 saturated carbocycles. The fraction of sp³-hybridized carbons (Fsp3) is 0.533. The van der Waals surface area contributed by atoms with Gasteiger partial charge in [0.2, 0.25) is 0 Å². The molecule has 96 valence electrons. The van der Waals surface area contributed by atoms with Gasteiger partial charge in [0.25, 0.3) is 0 Å². The van der Waals surface area contributed by atoms with Crippen LogP contribution in [0.15, 0.2) is 30.3 Å². The van der Waals surface area contributed by atoms with Crippen molar-refractivity contribution in [3.05, 3.63) is 35.9 Å². The summed E-state index contributed by atoms with van der Waals surface area (Å²) in [6.07, 6.45) is 6.44. The van der Waals surface area contributed by atoms with Crippen LogP contribution in [-0.4, -0.2) is 17.2 Å². The van der Waals surface area contributed by atoms with Crippen LogP contribution in [0.5, 0.6) is 0 Å². The summed E-state index contributed by atoms with van der Waals surface area (Å²) in [7, 11) is 0. The zero-order chi connectivity index (χ0) is 12.4. The van der Waals surface area contributed by atoms with E-state index in [1.54, 1.807) is 0 Å². The molecule has 0 aliphatic heterocycles. The van der Waals surface area contributed by atoms with Gasteiger partial charge in [-0.15, -0.1) is 0 Å². The highest BCUT2D eigenvalue weighted by Crippen LogP contribution is 2.40. The fourth-order valence-electron chi connectivity index (χ4n) is 2.89. The standard InChI is InChI=1S/C15H20N2S/c18-15(16-12-8-4-5-9-12)17-14-10-13(14)11-6-2-1-3-7-11/h1-3,6-7,12-14H,4-5,8-10H2,(H2,16,17,18). The SMILES string of the molecule is S=C(NC1CCCC1)NC1CC1c1ccccc1. The molecule has 2 N–H and O–H groups in total. The van der Waals surface area contributed by atoms with Crippen molar-refractivity contribution >= 4 is 17.3 Å². The minimum absolute atomic E-state index is 0.536. The van der Waals surface area contributed by atoms with Gasteiger partial charge in [-0.3, -0.25) is 0 Å². The van der Waals surface area contributed by atoms with Crippen molar-refractivity contribution in [2.45, 2.75) is 50.1 Å². The van der Waals surface area contributed by atoms with Gasteiger partial charge in [-0.25, -0.2) is 0 Å². The van der Waals surface area contributed by atoms with Gasteiger partial charge in [0.1, 0.15) is 0 Å². The van der Waals surface area contributed by atoms with Crippen LogP contribution < -0.4 is 10.6 Å². The van der Waals surface area contributed by atoms with E-state index in [0.29, 0.717) is 18.0 Å². The van der Waals surface area contributed by atoms with Crippen molar-refractivity contribution in [2.24, 2.45) is 0 Å². The van der Waals surface area contributed by atoms with Crippen molar-refractivity contribution in [3.63, 3.8) is 0 Å². The first kappa shape index (κ1) is 12.0. The summed E-state index contributed by atoms with van der Waals surface area (Å²) >= 11 is 5.39. The lowest BCUT2D eigenvalue weighted by Crippen LogP contribution is -2.41. The Labute approximate surface area is 114 Å². The van der Waals surface area contributed by atoms with E-state index < -0.39 is 0 Å². The van der Waals surface area contributed by atoms with Crippen LogP contribution in [0.3, 0.4) is 0 Å². The fourth-order valence-corrected chi connectivity index (χ4v) is 3.21. The van der Waals surface area contributed by atoms with Crippen LogP contribution in [0.2, 0.25) is 0 Å². The second kappa shape index (κ2) is 5.27. The summed E-state index contributed by atoms with van der Waals surface area (Å²) in [6.45, 7) is 0. The van der Waals surface area contributed by atoms with Crippen molar-refractivity contribution in [1.82, 2.24) is 10.6 Å². The number of benzene rings is 1. The third-order valence-corrected chi connectivity index (χ3v) is 4.26. The highest BCUT2D eigenvalue weighted by Gasteiger charge is 2.38. The highest BCUT2D eigenvalue weighted by atomic mass is 32.1. The molecule has 3 rings (SSSR count). The summed E-state index contributed by atoms with van der Waals surface area (Å²) in [5, 5.41) is 7.74. The predicted octanol–water partition coefficient (Wildman–Crippen LogP) is 2.95. The van der Waals surface area contributed by atoms with E-state index in [1.807, 2.05) is 0 Å². The summed E-state index contributed by atoms with van der Waals surface area (Å²) in [6, 6.07) is 11.9. The molecule has 1 aromatic carbocycles. The number of nitrogens with one attached hydrogen (secondary N) is 2. The topological polar surface area (TPSA) is 24.1 Å². The maximum atomic E-state index is 5.39. The van der Waals surface area contributed by atoms with E-state index in [4.69, 9.17) is 12.2 Å². The molecular weight excluding hydrogens is 240 g/mol. The zero-order valence-electron chi connectivity index (χ0n) is 10.6. The van der Waals surface area contributed by atoms with Gasteiger partial charge >= 0.3 is 0 Å². The number of rotatable bonds is 3. The Morgan fingerprint density at radius 1 is 1.06 bits per heavy atom. The molecule has 18 heavy (non-hydrogen) atoms. The number of hydrogen-bond acceptors (Lipinski definition) is 1. The third-order valence-electron chi connectivity index (χ3n) is 4.03. The molecule has 0 saturated heterocycles. The van der Waals surface area contributed by atoms with Gasteiger partial charge in [0.05, 0.1) is 0 Å². The number of hydrogen-bond donors (Lipinski definition) is 2. The Kier molecular flexibility index (Phi) is 3.50. The van der Waals surface area contributed by atoms with Crippen LogP contribution in [-0.2, 0) is 0 Å². The normalized spacial score (nSPS) is 26.9. The maximum absolute atomic E-state index is 5.39. The molecule has 3 heteroatoms. The van der Waals surface area contributed by atoms with Gasteiger partial charge in [-0.2, -0.15) is 0 Å². The average Bonchev–Trinajstić information content (AvgIpc) is 2.95. The maximum Gasteiger partial charge on any atom is 0.166 e. The lowest BCUT2D eigenvalue weighted by molar-refractivity contribution is 0.620. The summed E-state index contributed by atoms with van der Waals surface area (Å²) in [5.41, 5.74) is 1.43. The average molecular weight is 260 g/mol. The van der Waals surface area contributed by atoms with Crippen molar-refractivity contribution in [1.29, 1.82) is 0 Å². The minimum atomic E-state index is 0.536. The Balaban J connectivity index is 1.46. The molecule has 2 atom stereocenters. The smallest absolute Gasteiger partial charge is 0.166 e. The summed E-state index contributed by atoms with van der Waals surface area (Å²) in [5.74, 6) is 0.648. The molecule has 2 aliphatic carbocycles. The monoisotopic (exact) mass is 260 g/mol. The van der Waals surface area contributed by atoms with E-state index in [0.717, 1.165) is 5.11 Å². The van der Waals surface area contributed by atoms with Crippen molar-refractivity contribution in [3.8, 4) is 0 Å².